The lowest BCUT2D eigenvalue weighted by atomic mass is 9.71. The summed E-state index contributed by atoms with van der Waals surface area (Å²) in [5, 5.41) is 10.3. The van der Waals surface area contributed by atoms with Crippen LogP contribution in [0.2, 0.25) is 0 Å². The Morgan fingerprint density at radius 1 is 1.40 bits per heavy atom. The molecule has 3 heteroatoms. The van der Waals surface area contributed by atoms with Gasteiger partial charge in [0.2, 0.25) is 0 Å². The van der Waals surface area contributed by atoms with Crippen LogP contribution in [0.1, 0.15) is 62.5 Å². The van der Waals surface area contributed by atoms with Crippen molar-refractivity contribution in [3.05, 3.63) is 33.3 Å². The number of benzene rings is 1. The predicted molar refractivity (Wildman–Crippen MR) is 86.3 cm³/mol. The van der Waals surface area contributed by atoms with E-state index in [9.17, 15) is 9.90 Å². The zero-order chi connectivity index (χ0) is 15.2. The largest absolute Gasteiger partial charge is 0.506 e. The molecule has 1 aromatic rings. The molecule has 0 saturated carbocycles. The van der Waals surface area contributed by atoms with Crippen molar-refractivity contribution in [1.29, 1.82) is 0 Å². The number of ketones is 1. The summed E-state index contributed by atoms with van der Waals surface area (Å²) in [5.74, 6) is 0.341. The predicted octanol–water partition coefficient (Wildman–Crippen LogP) is 5.08. The molecular weight excluding hydrogens is 316 g/mol. The molecule has 0 bridgehead atoms. The molecule has 0 fully saturated rings. The fourth-order valence-corrected chi connectivity index (χ4v) is 3.89. The average molecular weight is 337 g/mol. The summed E-state index contributed by atoms with van der Waals surface area (Å²) in [5.41, 5.74) is 3.78. The zero-order valence-electron chi connectivity index (χ0n) is 12.7. The van der Waals surface area contributed by atoms with Gasteiger partial charge in [0.05, 0.1) is 10.0 Å². The van der Waals surface area contributed by atoms with Crippen molar-refractivity contribution in [3.63, 3.8) is 0 Å². The smallest absolute Gasteiger partial charge is 0.163 e. The van der Waals surface area contributed by atoms with E-state index in [0.29, 0.717) is 16.0 Å². The molecule has 0 radical (unpaired) electrons. The second-order valence-electron chi connectivity index (χ2n) is 6.47. The molecule has 2 rings (SSSR count). The molecular formula is C17H21BrO2. The number of hydrogen-bond acceptors (Lipinski definition) is 2. The second-order valence-corrected chi connectivity index (χ2v) is 7.26. The summed E-state index contributed by atoms with van der Waals surface area (Å²) in [6.45, 7) is 10.1. The van der Waals surface area contributed by atoms with Gasteiger partial charge in [-0.25, -0.2) is 0 Å². The van der Waals surface area contributed by atoms with Crippen molar-refractivity contribution in [1.82, 2.24) is 0 Å². The van der Waals surface area contributed by atoms with Crippen LogP contribution in [0.25, 0.3) is 5.57 Å². The van der Waals surface area contributed by atoms with Gasteiger partial charge in [-0.1, -0.05) is 33.8 Å². The third-order valence-electron chi connectivity index (χ3n) is 4.06. The molecule has 0 unspecified atom stereocenters. The number of carbonyl (C=O) groups excluding carboxylic acids is 1. The lowest BCUT2D eigenvalue weighted by Crippen LogP contribution is -2.24. The molecule has 0 amide bonds. The molecule has 1 N–H and O–H groups in total. The fourth-order valence-electron chi connectivity index (χ4n) is 2.92. The highest BCUT2D eigenvalue weighted by Gasteiger charge is 2.33. The Hall–Kier alpha value is -1.09. The summed E-state index contributed by atoms with van der Waals surface area (Å²) in [7, 11) is 0. The third-order valence-corrected chi connectivity index (χ3v) is 4.83. The van der Waals surface area contributed by atoms with Gasteiger partial charge in [0, 0.05) is 0 Å². The van der Waals surface area contributed by atoms with E-state index >= 15 is 0 Å². The number of phenols is 1. The minimum absolute atomic E-state index is 0.0562. The summed E-state index contributed by atoms with van der Waals surface area (Å²) < 4.78 is 0.663. The maximum Gasteiger partial charge on any atom is 0.163 e. The van der Waals surface area contributed by atoms with Crippen LogP contribution in [-0.2, 0) is 5.41 Å². The van der Waals surface area contributed by atoms with Gasteiger partial charge in [-0.3, -0.25) is 4.79 Å². The van der Waals surface area contributed by atoms with Crippen LogP contribution in [-0.4, -0.2) is 10.9 Å². The highest BCUT2D eigenvalue weighted by Crippen LogP contribution is 2.48. The summed E-state index contributed by atoms with van der Waals surface area (Å²) >= 11 is 3.51. The standard InChI is InChI=1S/C17H21BrO2/c1-9(2)11-6-7-17(4,5)14-13(11)8-12(10(3)19)16(20)15(14)18/h6,8-9,20H,7H2,1-5H3. The zero-order valence-corrected chi connectivity index (χ0v) is 14.3. The molecule has 1 aliphatic carbocycles. The van der Waals surface area contributed by atoms with Gasteiger partial charge < -0.3 is 5.11 Å². The number of aromatic hydroxyl groups is 1. The van der Waals surface area contributed by atoms with Gasteiger partial charge in [0.1, 0.15) is 5.75 Å². The lowest BCUT2D eigenvalue weighted by molar-refractivity contribution is 0.101. The van der Waals surface area contributed by atoms with Crippen LogP contribution >= 0.6 is 15.9 Å². The molecule has 0 spiro atoms. The SMILES string of the molecule is CC(=O)c1cc2c(c(Br)c1O)C(C)(C)CC=C2C(C)C. The van der Waals surface area contributed by atoms with E-state index in [4.69, 9.17) is 0 Å². The maximum atomic E-state index is 11.7. The van der Waals surface area contributed by atoms with Crippen molar-refractivity contribution >= 4 is 27.3 Å². The number of halogens is 1. The van der Waals surface area contributed by atoms with Crippen molar-refractivity contribution in [2.45, 2.75) is 46.5 Å². The molecule has 0 aromatic heterocycles. The first-order valence-electron chi connectivity index (χ1n) is 6.94. The Morgan fingerprint density at radius 3 is 2.50 bits per heavy atom. The summed E-state index contributed by atoms with van der Waals surface area (Å²) in [4.78, 5) is 11.7. The number of fused-ring (bicyclic) bond motifs is 1. The molecule has 0 aliphatic heterocycles. The molecule has 1 aromatic carbocycles. The molecule has 0 atom stereocenters. The number of carbonyl (C=O) groups is 1. The first-order valence-corrected chi connectivity index (χ1v) is 7.73. The highest BCUT2D eigenvalue weighted by molar-refractivity contribution is 9.10. The number of allylic oxidation sites excluding steroid dienone is 2. The minimum Gasteiger partial charge on any atom is -0.506 e. The van der Waals surface area contributed by atoms with Crippen molar-refractivity contribution in [2.75, 3.05) is 0 Å². The monoisotopic (exact) mass is 336 g/mol. The number of phenolic OH excluding ortho intramolecular Hbond substituents is 1. The fraction of sp³-hybridized carbons (Fsp3) is 0.471. The van der Waals surface area contributed by atoms with Gasteiger partial charge in [0.15, 0.2) is 5.78 Å². The Morgan fingerprint density at radius 2 is 2.00 bits per heavy atom. The van der Waals surface area contributed by atoms with Crippen molar-refractivity contribution in [2.24, 2.45) is 5.92 Å². The second kappa shape index (κ2) is 5.03. The van der Waals surface area contributed by atoms with Crippen LogP contribution < -0.4 is 0 Å². The Balaban J connectivity index is 2.83. The molecule has 108 valence electrons. The van der Waals surface area contributed by atoms with E-state index < -0.39 is 0 Å². The summed E-state index contributed by atoms with van der Waals surface area (Å²) in [6, 6.07) is 1.85. The molecule has 1 aliphatic rings. The van der Waals surface area contributed by atoms with E-state index in [1.54, 1.807) is 0 Å². The first-order chi connectivity index (χ1) is 9.16. The van der Waals surface area contributed by atoms with E-state index in [1.807, 2.05) is 6.07 Å². The number of Topliss-reactive ketones (excluding diaryl/α,β-unsaturated/α-hetero) is 1. The lowest BCUT2D eigenvalue weighted by Gasteiger charge is -2.35. The van der Waals surface area contributed by atoms with E-state index in [1.165, 1.54) is 12.5 Å². The Bertz CT molecular complexity index is 610. The normalized spacial score (nSPS) is 16.9. The third kappa shape index (κ3) is 2.32. The van der Waals surface area contributed by atoms with Gasteiger partial charge in [0.25, 0.3) is 0 Å². The van der Waals surface area contributed by atoms with Gasteiger partial charge in [-0.2, -0.15) is 0 Å². The maximum absolute atomic E-state index is 11.7. The number of hydrogen-bond donors (Lipinski definition) is 1. The highest BCUT2D eigenvalue weighted by atomic mass is 79.9. The minimum atomic E-state index is -0.113. The molecule has 20 heavy (non-hydrogen) atoms. The van der Waals surface area contributed by atoms with Crippen molar-refractivity contribution in [3.8, 4) is 5.75 Å². The summed E-state index contributed by atoms with van der Waals surface area (Å²) in [6.07, 6.45) is 3.20. The Kier molecular flexibility index (Phi) is 3.85. The number of rotatable bonds is 2. The molecule has 2 nitrogen and oxygen atoms in total. The van der Waals surface area contributed by atoms with E-state index in [0.717, 1.165) is 17.5 Å². The topological polar surface area (TPSA) is 37.3 Å². The van der Waals surface area contributed by atoms with E-state index in [2.05, 4.69) is 49.7 Å². The van der Waals surface area contributed by atoms with Crippen LogP contribution in [0, 0.1) is 5.92 Å². The van der Waals surface area contributed by atoms with E-state index in [-0.39, 0.29) is 16.9 Å². The van der Waals surface area contributed by atoms with Crippen LogP contribution in [0.4, 0.5) is 0 Å². The van der Waals surface area contributed by atoms with Crippen LogP contribution in [0.3, 0.4) is 0 Å². The average Bonchev–Trinajstić information content (AvgIpc) is 2.31. The van der Waals surface area contributed by atoms with Crippen LogP contribution in [0.5, 0.6) is 5.75 Å². The first kappa shape index (κ1) is 15.3. The molecule has 0 saturated heterocycles. The Labute approximate surface area is 129 Å². The van der Waals surface area contributed by atoms with Gasteiger partial charge >= 0.3 is 0 Å². The quantitative estimate of drug-likeness (QED) is 0.764. The molecule has 0 heterocycles. The van der Waals surface area contributed by atoms with Gasteiger partial charge in [-0.15, -0.1) is 0 Å². The van der Waals surface area contributed by atoms with Crippen LogP contribution in [0.15, 0.2) is 16.6 Å². The van der Waals surface area contributed by atoms with Crippen molar-refractivity contribution < 1.29 is 9.90 Å². The van der Waals surface area contributed by atoms with Gasteiger partial charge in [-0.05, 0) is 63.4 Å².